The number of oxazole rings is 1. The van der Waals surface area contributed by atoms with Crippen molar-refractivity contribution in [2.75, 3.05) is 4.90 Å². The number of benzene rings is 9. The molecule has 0 fully saturated rings. The number of aromatic nitrogens is 2. The highest BCUT2D eigenvalue weighted by Crippen LogP contribution is 2.51. The molecule has 0 radical (unpaired) electrons. The van der Waals surface area contributed by atoms with Gasteiger partial charge in [-0.2, -0.15) is 0 Å². The Morgan fingerprint density at radius 3 is 1.97 bits per heavy atom. The predicted molar refractivity (Wildman–Crippen MR) is 249 cm³/mol. The number of hydrogen-bond acceptors (Lipinski definition) is 3. The lowest BCUT2D eigenvalue weighted by atomic mass is 9.82. The number of fused-ring (bicyclic) bond motifs is 9. The summed E-state index contributed by atoms with van der Waals surface area (Å²) in [5.41, 5.74) is 16.6. The molecular formula is C56H39N3O. The summed E-state index contributed by atoms with van der Waals surface area (Å²) < 4.78 is 9.17. The van der Waals surface area contributed by atoms with Crippen LogP contribution in [0.25, 0.3) is 83.1 Å². The molecule has 0 atom stereocenters. The summed E-state index contributed by atoms with van der Waals surface area (Å²) in [6.07, 6.45) is 0. The van der Waals surface area contributed by atoms with Gasteiger partial charge in [0.2, 0.25) is 5.89 Å². The molecule has 0 aliphatic heterocycles. The van der Waals surface area contributed by atoms with Crippen LogP contribution in [0.1, 0.15) is 25.0 Å². The molecule has 0 spiro atoms. The average molecular weight is 770 g/mol. The van der Waals surface area contributed by atoms with E-state index in [0.29, 0.717) is 5.89 Å². The first-order valence-electron chi connectivity index (χ1n) is 20.6. The summed E-state index contributed by atoms with van der Waals surface area (Å²) in [5, 5.41) is 4.79. The largest absolute Gasteiger partial charge is 0.434 e. The van der Waals surface area contributed by atoms with E-state index >= 15 is 0 Å². The van der Waals surface area contributed by atoms with Gasteiger partial charge in [-0.25, -0.2) is 4.98 Å². The van der Waals surface area contributed by atoms with Gasteiger partial charge in [0.15, 0.2) is 5.58 Å². The summed E-state index contributed by atoms with van der Waals surface area (Å²) in [6.45, 7) is 4.66. The van der Waals surface area contributed by atoms with Crippen molar-refractivity contribution in [3.63, 3.8) is 0 Å². The standard InChI is InChI=1S/C56H39N3O/c1-56(2)46-24-13-11-20-41(46)45-34-38(30-33-47(45)56)36-28-31-40(32-29-36)59(50-27-15-25-48-54(50)60-55(57-48)37-16-5-3-6-17-37)51-35-52-53(43-22-10-9-21-42(43)51)44-23-12-14-26-49(44)58(52)39-18-7-4-8-19-39/h3-35H,1-2H3. The third-order valence-corrected chi connectivity index (χ3v) is 12.6. The van der Waals surface area contributed by atoms with Gasteiger partial charge >= 0.3 is 0 Å². The van der Waals surface area contributed by atoms with Gasteiger partial charge < -0.3 is 13.9 Å². The van der Waals surface area contributed by atoms with Crippen molar-refractivity contribution in [3.05, 3.63) is 211 Å². The minimum Gasteiger partial charge on any atom is -0.434 e. The second kappa shape index (κ2) is 13.2. The maximum atomic E-state index is 6.77. The Hall–Kier alpha value is -7.69. The quantitative estimate of drug-likeness (QED) is 0.169. The summed E-state index contributed by atoms with van der Waals surface area (Å²) in [6, 6.07) is 71.9. The zero-order valence-electron chi connectivity index (χ0n) is 33.3. The molecule has 1 aliphatic rings. The second-order valence-electron chi connectivity index (χ2n) is 16.3. The van der Waals surface area contributed by atoms with E-state index in [0.717, 1.165) is 55.9 Å². The molecule has 2 heterocycles. The van der Waals surface area contributed by atoms with Gasteiger partial charge in [0, 0.05) is 38.5 Å². The molecule has 0 saturated carbocycles. The fourth-order valence-corrected chi connectivity index (χ4v) is 9.78. The molecule has 9 aromatic carbocycles. The lowest BCUT2D eigenvalue weighted by molar-refractivity contribution is 0.620. The Bertz CT molecular complexity index is 3450. The van der Waals surface area contributed by atoms with Gasteiger partial charge in [-0.1, -0.05) is 147 Å². The number of hydrogen-bond donors (Lipinski definition) is 0. The molecule has 1 aliphatic carbocycles. The number of nitrogens with zero attached hydrogens (tertiary/aromatic N) is 3. The predicted octanol–water partition coefficient (Wildman–Crippen LogP) is 15.2. The van der Waals surface area contributed by atoms with Crippen molar-refractivity contribution in [2.24, 2.45) is 0 Å². The maximum absolute atomic E-state index is 6.77. The molecule has 12 rings (SSSR count). The monoisotopic (exact) mass is 769 g/mol. The highest BCUT2D eigenvalue weighted by molar-refractivity contribution is 6.25. The number of rotatable bonds is 6. The van der Waals surface area contributed by atoms with Gasteiger partial charge in [-0.05, 0) is 105 Å². The van der Waals surface area contributed by atoms with E-state index in [-0.39, 0.29) is 5.41 Å². The zero-order valence-corrected chi connectivity index (χ0v) is 33.3. The Morgan fingerprint density at radius 1 is 0.483 bits per heavy atom. The minimum absolute atomic E-state index is 0.0347. The number of anilines is 3. The molecule has 0 amide bonds. The maximum Gasteiger partial charge on any atom is 0.227 e. The molecule has 0 unspecified atom stereocenters. The third kappa shape index (κ3) is 5.14. The topological polar surface area (TPSA) is 34.2 Å². The molecular weight excluding hydrogens is 731 g/mol. The molecule has 4 heteroatoms. The first kappa shape index (κ1) is 34.4. The molecule has 0 bridgehead atoms. The van der Waals surface area contributed by atoms with Gasteiger partial charge in [-0.3, -0.25) is 0 Å². The van der Waals surface area contributed by atoms with E-state index in [4.69, 9.17) is 9.40 Å². The summed E-state index contributed by atoms with van der Waals surface area (Å²) in [5.74, 6) is 0.597. The fourth-order valence-electron chi connectivity index (χ4n) is 9.78. The van der Waals surface area contributed by atoms with Crippen LogP contribution in [0.5, 0.6) is 0 Å². The van der Waals surface area contributed by atoms with Crippen LogP contribution in [-0.4, -0.2) is 9.55 Å². The smallest absolute Gasteiger partial charge is 0.227 e. The van der Waals surface area contributed by atoms with Crippen LogP contribution in [0.15, 0.2) is 205 Å². The van der Waals surface area contributed by atoms with Crippen molar-refractivity contribution in [1.82, 2.24) is 9.55 Å². The van der Waals surface area contributed by atoms with Crippen molar-refractivity contribution in [1.29, 1.82) is 0 Å². The van der Waals surface area contributed by atoms with Crippen molar-refractivity contribution in [2.45, 2.75) is 19.3 Å². The Kier molecular flexibility index (Phi) is 7.54. The molecule has 0 N–H and O–H groups in total. The van der Waals surface area contributed by atoms with Crippen LogP contribution in [0.2, 0.25) is 0 Å². The minimum atomic E-state index is -0.0347. The van der Waals surface area contributed by atoms with Crippen LogP contribution >= 0.6 is 0 Å². The van der Waals surface area contributed by atoms with Crippen LogP contribution in [-0.2, 0) is 5.41 Å². The highest BCUT2D eigenvalue weighted by Gasteiger charge is 2.35. The summed E-state index contributed by atoms with van der Waals surface area (Å²) >= 11 is 0. The normalized spacial score (nSPS) is 13.0. The van der Waals surface area contributed by atoms with Crippen molar-refractivity contribution >= 4 is 60.7 Å². The summed E-state index contributed by atoms with van der Waals surface area (Å²) in [7, 11) is 0. The van der Waals surface area contributed by atoms with E-state index in [9.17, 15) is 0 Å². The Labute approximate surface area is 348 Å². The lowest BCUT2D eigenvalue weighted by Crippen LogP contribution is -2.14. The van der Waals surface area contributed by atoms with Crippen LogP contribution in [0, 0.1) is 0 Å². The highest BCUT2D eigenvalue weighted by atomic mass is 16.3. The van der Waals surface area contributed by atoms with E-state index in [2.05, 4.69) is 187 Å². The van der Waals surface area contributed by atoms with E-state index in [1.807, 2.05) is 36.4 Å². The molecule has 2 aromatic heterocycles. The van der Waals surface area contributed by atoms with Crippen molar-refractivity contribution in [3.8, 4) is 39.4 Å². The molecule has 4 nitrogen and oxygen atoms in total. The molecule has 0 saturated heterocycles. The van der Waals surface area contributed by atoms with Crippen molar-refractivity contribution < 1.29 is 4.42 Å². The van der Waals surface area contributed by atoms with Crippen LogP contribution in [0.4, 0.5) is 17.1 Å². The van der Waals surface area contributed by atoms with Crippen LogP contribution in [0.3, 0.4) is 0 Å². The molecule has 11 aromatic rings. The fraction of sp³-hybridized carbons (Fsp3) is 0.0536. The van der Waals surface area contributed by atoms with Gasteiger partial charge in [0.25, 0.3) is 0 Å². The number of para-hydroxylation sites is 3. The van der Waals surface area contributed by atoms with Gasteiger partial charge in [-0.15, -0.1) is 0 Å². The Balaban J connectivity index is 1.10. The molecule has 60 heavy (non-hydrogen) atoms. The SMILES string of the molecule is CC1(C)c2ccccc2-c2cc(-c3ccc(N(c4cc5c(c6ccccc46)c4ccccc4n5-c4ccccc4)c4cccc5nc(-c6ccccc6)oc45)cc3)ccc21. The summed E-state index contributed by atoms with van der Waals surface area (Å²) in [4.78, 5) is 7.38. The van der Waals surface area contributed by atoms with Crippen LogP contribution < -0.4 is 4.90 Å². The zero-order chi connectivity index (χ0) is 40.0. The second-order valence-corrected chi connectivity index (χ2v) is 16.3. The molecule has 284 valence electrons. The van der Waals surface area contributed by atoms with Gasteiger partial charge in [0.1, 0.15) is 5.52 Å². The van der Waals surface area contributed by atoms with E-state index in [1.165, 1.54) is 49.5 Å². The van der Waals surface area contributed by atoms with Gasteiger partial charge in [0.05, 0.1) is 22.4 Å². The first-order chi connectivity index (χ1) is 29.5. The third-order valence-electron chi connectivity index (χ3n) is 12.6. The average Bonchev–Trinajstić information content (AvgIpc) is 3.96. The Morgan fingerprint density at radius 2 is 1.15 bits per heavy atom. The van der Waals surface area contributed by atoms with E-state index in [1.54, 1.807) is 0 Å². The van der Waals surface area contributed by atoms with E-state index < -0.39 is 0 Å². The lowest BCUT2D eigenvalue weighted by Gasteiger charge is -2.27. The first-order valence-corrected chi connectivity index (χ1v) is 20.6.